The number of carbonyl (C=O) groups excluding carboxylic acids is 1. The second-order valence-electron chi connectivity index (χ2n) is 8.49. The second kappa shape index (κ2) is 8.89. The Labute approximate surface area is 166 Å². The van der Waals surface area contributed by atoms with Crippen LogP contribution in [0.3, 0.4) is 0 Å². The number of fused-ring (bicyclic) bond motifs is 1. The van der Waals surface area contributed by atoms with Gasteiger partial charge in [-0.2, -0.15) is 0 Å². The van der Waals surface area contributed by atoms with Gasteiger partial charge in [0.15, 0.2) is 0 Å². The first-order valence-corrected chi connectivity index (χ1v) is 11.0. The monoisotopic (exact) mass is 381 g/mol. The lowest BCUT2D eigenvalue weighted by molar-refractivity contribution is -0.132. The SMILES string of the molecule is O=C(CCc1nc2ccccc2c(=O)[nH]1)N1CCCC1CCC1CCCCC1. The summed E-state index contributed by atoms with van der Waals surface area (Å²) in [6.45, 7) is 0.885. The number of nitrogens with one attached hydrogen (secondary N) is 1. The predicted octanol–water partition coefficient (Wildman–Crippen LogP) is 4.21. The van der Waals surface area contributed by atoms with Crippen molar-refractivity contribution < 1.29 is 4.79 Å². The molecule has 5 heteroatoms. The van der Waals surface area contributed by atoms with Gasteiger partial charge in [0.2, 0.25) is 5.91 Å². The summed E-state index contributed by atoms with van der Waals surface area (Å²) in [5.41, 5.74) is 0.569. The van der Waals surface area contributed by atoms with Crippen LogP contribution in [-0.4, -0.2) is 33.4 Å². The van der Waals surface area contributed by atoms with E-state index in [1.165, 1.54) is 38.5 Å². The van der Waals surface area contributed by atoms with E-state index in [0.717, 1.165) is 31.7 Å². The van der Waals surface area contributed by atoms with E-state index in [2.05, 4.69) is 14.9 Å². The third-order valence-electron chi connectivity index (χ3n) is 6.57. The summed E-state index contributed by atoms with van der Waals surface area (Å²) in [7, 11) is 0. The zero-order valence-corrected chi connectivity index (χ0v) is 16.7. The zero-order chi connectivity index (χ0) is 19.3. The Kier molecular flexibility index (Phi) is 6.08. The lowest BCUT2D eigenvalue weighted by Gasteiger charge is -2.28. The number of aryl methyl sites for hydroxylation is 1. The first kappa shape index (κ1) is 19.2. The van der Waals surface area contributed by atoms with Crippen molar-refractivity contribution in [1.82, 2.24) is 14.9 Å². The van der Waals surface area contributed by atoms with Gasteiger partial charge in [-0.15, -0.1) is 0 Å². The van der Waals surface area contributed by atoms with Crippen molar-refractivity contribution in [2.24, 2.45) is 5.92 Å². The molecule has 1 aromatic carbocycles. The molecule has 1 aliphatic heterocycles. The van der Waals surface area contributed by atoms with Crippen LogP contribution in [0.4, 0.5) is 0 Å². The first-order chi connectivity index (χ1) is 13.7. The number of H-pyrrole nitrogens is 1. The van der Waals surface area contributed by atoms with E-state index >= 15 is 0 Å². The minimum Gasteiger partial charge on any atom is -0.340 e. The minimum atomic E-state index is -0.125. The molecule has 1 atom stereocenters. The molecule has 1 amide bonds. The van der Waals surface area contributed by atoms with Crippen molar-refractivity contribution in [2.45, 2.75) is 76.7 Å². The minimum absolute atomic E-state index is 0.125. The summed E-state index contributed by atoms with van der Waals surface area (Å²) in [5, 5.41) is 0.597. The zero-order valence-electron chi connectivity index (χ0n) is 16.7. The molecule has 150 valence electrons. The third-order valence-corrected chi connectivity index (χ3v) is 6.57. The Hall–Kier alpha value is -2.17. The maximum Gasteiger partial charge on any atom is 0.258 e. The van der Waals surface area contributed by atoms with Crippen LogP contribution in [0, 0.1) is 5.92 Å². The van der Waals surface area contributed by atoms with Crippen LogP contribution in [0.2, 0.25) is 0 Å². The summed E-state index contributed by atoms with van der Waals surface area (Å²) < 4.78 is 0. The average Bonchev–Trinajstić information content (AvgIpc) is 3.20. The largest absolute Gasteiger partial charge is 0.340 e. The molecule has 2 aliphatic rings. The molecule has 0 bridgehead atoms. The van der Waals surface area contributed by atoms with Crippen molar-refractivity contribution in [1.29, 1.82) is 0 Å². The van der Waals surface area contributed by atoms with Crippen LogP contribution in [-0.2, 0) is 11.2 Å². The molecule has 1 aliphatic carbocycles. The van der Waals surface area contributed by atoms with Gasteiger partial charge in [-0.1, -0.05) is 44.2 Å². The van der Waals surface area contributed by atoms with Gasteiger partial charge in [-0.3, -0.25) is 9.59 Å². The molecule has 0 spiro atoms. The van der Waals surface area contributed by atoms with Gasteiger partial charge in [-0.05, 0) is 43.7 Å². The number of benzene rings is 1. The molecular weight excluding hydrogens is 350 g/mol. The van der Waals surface area contributed by atoms with E-state index in [1.54, 1.807) is 6.07 Å². The molecule has 2 aromatic rings. The number of para-hydroxylation sites is 1. The molecule has 1 saturated heterocycles. The molecule has 28 heavy (non-hydrogen) atoms. The highest BCUT2D eigenvalue weighted by Gasteiger charge is 2.29. The number of aromatic nitrogens is 2. The summed E-state index contributed by atoms with van der Waals surface area (Å²) in [6, 6.07) is 7.75. The predicted molar refractivity (Wildman–Crippen MR) is 111 cm³/mol. The van der Waals surface area contributed by atoms with Crippen molar-refractivity contribution in [2.75, 3.05) is 6.54 Å². The van der Waals surface area contributed by atoms with Gasteiger partial charge in [-0.25, -0.2) is 4.98 Å². The Morgan fingerprint density at radius 3 is 2.75 bits per heavy atom. The van der Waals surface area contributed by atoms with Gasteiger partial charge in [0, 0.05) is 25.4 Å². The fourth-order valence-electron chi connectivity index (χ4n) is 4.99. The Morgan fingerprint density at radius 1 is 1.07 bits per heavy atom. The average molecular weight is 382 g/mol. The Morgan fingerprint density at radius 2 is 1.89 bits per heavy atom. The standard InChI is InChI=1S/C23H31N3O2/c27-22(15-14-21-24-20-11-5-4-10-19(20)23(28)25-21)26-16-6-9-18(26)13-12-17-7-2-1-3-8-17/h4-5,10-11,17-18H,1-3,6-9,12-16H2,(H,24,25,28). The van der Waals surface area contributed by atoms with Crippen LogP contribution in [0.25, 0.3) is 10.9 Å². The van der Waals surface area contributed by atoms with E-state index in [1.807, 2.05) is 18.2 Å². The molecule has 2 fully saturated rings. The van der Waals surface area contributed by atoms with Crippen LogP contribution >= 0.6 is 0 Å². The van der Waals surface area contributed by atoms with E-state index in [4.69, 9.17) is 0 Å². The second-order valence-corrected chi connectivity index (χ2v) is 8.49. The van der Waals surface area contributed by atoms with Crippen LogP contribution in [0.15, 0.2) is 29.1 Å². The molecular formula is C23H31N3O2. The molecule has 0 radical (unpaired) electrons. The highest BCUT2D eigenvalue weighted by atomic mass is 16.2. The third kappa shape index (κ3) is 4.45. The van der Waals surface area contributed by atoms with Crippen LogP contribution in [0.1, 0.15) is 70.0 Å². The number of rotatable bonds is 6. The molecule has 1 saturated carbocycles. The Balaban J connectivity index is 1.33. The van der Waals surface area contributed by atoms with E-state index in [0.29, 0.717) is 35.6 Å². The van der Waals surface area contributed by atoms with Gasteiger partial charge in [0.1, 0.15) is 5.82 Å². The number of carbonyl (C=O) groups is 1. The fourth-order valence-corrected chi connectivity index (χ4v) is 4.99. The molecule has 2 heterocycles. The molecule has 1 N–H and O–H groups in total. The fraction of sp³-hybridized carbons (Fsp3) is 0.609. The summed E-state index contributed by atoms with van der Waals surface area (Å²) in [5.74, 6) is 1.69. The first-order valence-electron chi connectivity index (χ1n) is 11.0. The highest BCUT2D eigenvalue weighted by molar-refractivity contribution is 5.78. The van der Waals surface area contributed by atoms with Gasteiger partial charge < -0.3 is 9.88 Å². The van der Waals surface area contributed by atoms with E-state index < -0.39 is 0 Å². The number of nitrogens with zero attached hydrogens (tertiary/aromatic N) is 2. The number of hydrogen-bond donors (Lipinski definition) is 1. The van der Waals surface area contributed by atoms with Gasteiger partial charge >= 0.3 is 0 Å². The highest BCUT2D eigenvalue weighted by Crippen LogP contribution is 2.31. The lowest BCUT2D eigenvalue weighted by Crippen LogP contribution is -2.36. The lowest BCUT2D eigenvalue weighted by atomic mass is 9.85. The van der Waals surface area contributed by atoms with Crippen molar-refractivity contribution in [3.63, 3.8) is 0 Å². The van der Waals surface area contributed by atoms with Crippen LogP contribution in [0.5, 0.6) is 0 Å². The number of amides is 1. The van der Waals surface area contributed by atoms with Crippen LogP contribution < -0.4 is 5.56 Å². The van der Waals surface area contributed by atoms with Gasteiger partial charge in [0.05, 0.1) is 10.9 Å². The topological polar surface area (TPSA) is 66.1 Å². The maximum absolute atomic E-state index is 12.8. The number of hydrogen-bond acceptors (Lipinski definition) is 3. The number of aromatic amines is 1. The Bertz CT molecular complexity index is 870. The van der Waals surface area contributed by atoms with Crippen molar-refractivity contribution >= 4 is 16.8 Å². The molecule has 1 aromatic heterocycles. The van der Waals surface area contributed by atoms with Crippen molar-refractivity contribution in [3.8, 4) is 0 Å². The van der Waals surface area contributed by atoms with E-state index in [9.17, 15) is 9.59 Å². The molecule has 4 rings (SSSR count). The maximum atomic E-state index is 12.8. The van der Waals surface area contributed by atoms with Gasteiger partial charge in [0.25, 0.3) is 5.56 Å². The number of likely N-dealkylation sites (tertiary alicyclic amines) is 1. The smallest absolute Gasteiger partial charge is 0.258 e. The van der Waals surface area contributed by atoms with Crippen molar-refractivity contribution in [3.05, 3.63) is 40.4 Å². The molecule has 5 nitrogen and oxygen atoms in total. The van der Waals surface area contributed by atoms with E-state index in [-0.39, 0.29) is 11.5 Å². The summed E-state index contributed by atoms with van der Waals surface area (Å²) >= 11 is 0. The summed E-state index contributed by atoms with van der Waals surface area (Å²) in [6.07, 6.45) is 12.5. The summed E-state index contributed by atoms with van der Waals surface area (Å²) in [4.78, 5) is 34.5. The normalized spacial score (nSPS) is 20.7. The molecule has 1 unspecified atom stereocenters. The quantitative estimate of drug-likeness (QED) is 0.815.